The van der Waals surface area contributed by atoms with Gasteiger partial charge in [0.15, 0.2) is 0 Å². The van der Waals surface area contributed by atoms with Gasteiger partial charge in [0.2, 0.25) is 0 Å². The molecule has 6 heteroatoms. The van der Waals surface area contributed by atoms with Gasteiger partial charge in [0.25, 0.3) is 0 Å². The van der Waals surface area contributed by atoms with Gasteiger partial charge in [-0.25, -0.2) is 4.79 Å². The summed E-state index contributed by atoms with van der Waals surface area (Å²) in [7, 11) is 1.35. The van der Waals surface area contributed by atoms with Crippen molar-refractivity contribution in [3.05, 3.63) is 35.9 Å². The Balaban J connectivity index is 1.71. The van der Waals surface area contributed by atoms with E-state index in [1.165, 1.54) is 7.11 Å². The van der Waals surface area contributed by atoms with E-state index in [-0.39, 0.29) is 31.3 Å². The lowest BCUT2D eigenvalue weighted by molar-refractivity contribution is -0.139. The van der Waals surface area contributed by atoms with E-state index in [0.29, 0.717) is 13.1 Å². The number of hydrogen-bond acceptors (Lipinski definition) is 5. The molecule has 0 unspecified atom stereocenters. The predicted molar refractivity (Wildman–Crippen MR) is 76.6 cm³/mol. The summed E-state index contributed by atoms with van der Waals surface area (Å²) in [4.78, 5) is 24.6. The highest BCUT2D eigenvalue weighted by molar-refractivity contribution is 5.71. The van der Waals surface area contributed by atoms with Crippen LogP contribution in [0.2, 0.25) is 0 Å². The summed E-state index contributed by atoms with van der Waals surface area (Å²) in [5, 5.41) is 3.07. The summed E-state index contributed by atoms with van der Waals surface area (Å²) < 4.78 is 9.84. The van der Waals surface area contributed by atoms with Crippen molar-refractivity contribution >= 4 is 12.1 Å². The summed E-state index contributed by atoms with van der Waals surface area (Å²) in [6, 6.07) is 9.67. The largest absolute Gasteiger partial charge is 0.468 e. The molecule has 0 spiro atoms. The summed E-state index contributed by atoms with van der Waals surface area (Å²) >= 11 is 0. The first-order chi connectivity index (χ1) is 10.2. The Morgan fingerprint density at radius 1 is 1.33 bits per heavy atom. The zero-order chi connectivity index (χ0) is 15.1. The highest BCUT2D eigenvalue weighted by Crippen LogP contribution is 2.11. The summed E-state index contributed by atoms with van der Waals surface area (Å²) in [6.07, 6.45) is 0.485. The average molecular weight is 292 g/mol. The van der Waals surface area contributed by atoms with Gasteiger partial charge in [-0.2, -0.15) is 0 Å². The first-order valence-corrected chi connectivity index (χ1v) is 6.95. The van der Waals surface area contributed by atoms with Gasteiger partial charge in [-0.3, -0.25) is 4.79 Å². The van der Waals surface area contributed by atoms with Crippen molar-refractivity contribution in [2.75, 3.05) is 26.7 Å². The molecule has 1 amide bonds. The summed E-state index contributed by atoms with van der Waals surface area (Å²) in [5.41, 5.74) is 0.963. The van der Waals surface area contributed by atoms with Gasteiger partial charge in [0.05, 0.1) is 13.7 Å². The minimum Gasteiger partial charge on any atom is -0.468 e. The average Bonchev–Trinajstić information content (AvgIpc) is 3.00. The molecule has 1 aliphatic rings. The van der Waals surface area contributed by atoms with E-state index in [4.69, 9.17) is 4.74 Å². The molecule has 1 aromatic rings. The van der Waals surface area contributed by atoms with E-state index in [1.54, 1.807) is 4.90 Å². The number of esters is 1. The first-order valence-electron chi connectivity index (χ1n) is 6.95. The molecule has 0 bridgehead atoms. The van der Waals surface area contributed by atoms with Crippen LogP contribution in [-0.4, -0.2) is 49.7 Å². The molecular formula is C15H20N2O4. The second-order valence-electron chi connectivity index (χ2n) is 4.93. The van der Waals surface area contributed by atoms with Crippen molar-refractivity contribution in [2.45, 2.75) is 19.1 Å². The fourth-order valence-electron chi connectivity index (χ4n) is 2.20. The highest BCUT2D eigenvalue weighted by atomic mass is 16.6. The molecule has 1 N–H and O–H groups in total. The Bertz CT molecular complexity index is 478. The van der Waals surface area contributed by atoms with Crippen LogP contribution in [-0.2, 0) is 20.9 Å². The van der Waals surface area contributed by atoms with Gasteiger partial charge in [-0.15, -0.1) is 0 Å². The van der Waals surface area contributed by atoms with Crippen molar-refractivity contribution in [2.24, 2.45) is 0 Å². The molecule has 1 saturated heterocycles. The van der Waals surface area contributed by atoms with E-state index >= 15 is 0 Å². The third-order valence-corrected chi connectivity index (χ3v) is 3.41. The fourth-order valence-corrected chi connectivity index (χ4v) is 2.20. The second-order valence-corrected chi connectivity index (χ2v) is 4.93. The lowest BCUT2D eigenvalue weighted by Gasteiger charge is -2.16. The summed E-state index contributed by atoms with van der Waals surface area (Å²) in [6.45, 7) is 1.61. The van der Waals surface area contributed by atoms with Gasteiger partial charge in [0, 0.05) is 19.1 Å². The van der Waals surface area contributed by atoms with Crippen LogP contribution >= 0.6 is 0 Å². The quantitative estimate of drug-likeness (QED) is 0.825. The molecule has 1 heterocycles. The Labute approximate surface area is 124 Å². The Hall–Kier alpha value is -2.08. The van der Waals surface area contributed by atoms with Crippen LogP contribution < -0.4 is 5.32 Å². The molecule has 1 aromatic carbocycles. The summed E-state index contributed by atoms with van der Waals surface area (Å²) in [5.74, 6) is -0.305. The van der Waals surface area contributed by atoms with E-state index < -0.39 is 0 Å². The van der Waals surface area contributed by atoms with Gasteiger partial charge >= 0.3 is 12.1 Å². The molecule has 0 radical (unpaired) electrons. The van der Waals surface area contributed by atoms with Crippen LogP contribution in [0.3, 0.4) is 0 Å². The van der Waals surface area contributed by atoms with Crippen LogP contribution in [0.5, 0.6) is 0 Å². The molecule has 1 fully saturated rings. The standard InChI is InChI=1S/C15H20N2O4/c1-20-14(18)9-16-13-7-8-17(10-13)15(19)21-11-12-5-3-2-4-6-12/h2-6,13,16H,7-11H2,1H3/t13-/m1/s1. The predicted octanol–water partition coefficient (Wildman–Crippen LogP) is 1.16. The number of methoxy groups -OCH3 is 1. The van der Waals surface area contributed by atoms with E-state index in [0.717, 1.165) is 12.0 Å². The van der Waals surface area contributed by atoms with Crippen molar-refractivity contribution in [3.63, 3.8) is 0 Å². The first kappa shape index (κ1) is 15.3. The van der Waals surface area contributed by atoms with Crippen LogP contribution in [0.4, 0.5) is 4.79 Å². The highest BCUT2D eigenvalue weighted by Gasteiger charge is 2.27. The van der Waals surface area contributed by atoms with Gasteiger partial charge in [0.1, 0.15) is 6.61 Å². The van der Waals surface area contributed by atoms with E-state index in [9.17, 15) is 9.59 Å². The maximum absolute atomic E-state index is 11.9. The minimum atomic E-state index is -0.318. The molecule has 1 atom stereocenters. The topological polar surface area (TPSA) is 67.9 Å². The second kappa shape index (κ2) is 7.64. The molecular weight excluding hydrogens is 272 g/mol. The van der Waals surface area contributed by atoms with Gasteiger partial charge in [-0.05, 0) is 12.0 Å². The maximum Gasteiger partial charge on any atom is 0.410 e. The number of amides is 1. The Kier molecular flexibility index (Phi) is 5.57. The molecule has 6 nitrogen and oxygen atoms in total. The number of rotatable bonds is 5. The van der Waals surface area contributed by atoms with Crippen LogP contribution in [0.25, 0.3) is 0 Å². The number of nitrogens with zero attached hydrogens (tertiary/aromatic N) is 1. The molecule has 0 aromatic heterocycles. The molecule has 0 aliphatic carbocycles. The van der Waals surface area contributed by atoms with E-state index in [1.807, 2.05) is 30.3 Å². The minimum absolute atomic E-state index is 0.105. The van der Waals surface area contributed by atoms with Crippen LogP contribution in [0.1, 0.15) is 12.0 Å². The molecule has 21 heavy (non-hydrogen) atoms. The SMILES string of the molecule is COC(=O)CN[C@@H]1CCN(C(=O)OCc2ccccc2)C1. The maximum atomic E-state index is 11.9. The number of hydrogen-bond donors (Lipinski definition) is 1. The van der Waals surface area contributed by atoms with Crippen molar-refractivity contribution in [3.8, 4) is 0 Å². The van der Waals surface area contributed by atoms with Gasteiger partial charge < -0.3 is 19.7 Å². The third-order valence-electron chi connectivity index (χ3n) is 3.41. The lowest BCUT2D eigenvalue weighted by atomic mass is 10.2. The zero-order valence-corrected chi connectivity index (χ0v) is 12.1. The Morgan fingerprint density at radius 3 is 2.81 bits per heavy atom. The molecule has 2 rings (SSSR count). The monoisotopic (exact) mass is 292 g/mol. The number of benzene rings is 1. The third kappa shape index (κ3) is 4.75. The van der Waals surface area contributed by atoms with E-state index in [2.05, 4.69) is 10.1 Å². The number of carbonyl (C=O) groups excluding carboxylic acids is 2. The van der Waals surface area contributed by atoms with Crippen molar-refractivity contribution < 1.29 is 19.1 Å². The lowest BCUT2D eigenvalue weighted by Crippen LogP contribution is -2.38. The number of ether oxygens (including phenoxy) is 2. The molecule has 0 saturated carbocycles. The zero-order valence-electron chi connectivity index (χ0n) is 12.1. The van der Waals surface area contributed by atoms with Crippen molar-refractivity contribution in [1.82, 2.24) is 10.2 Å². The Morgan fingerprint density at radius 2 is 2.10 bits per heavy atom. The molecule has 114 valence electrons. The molecule has 1 aliphatic heterocycles. The van der Waals surface area contributed by atoms with Gasteiger partial charge in [-0.1, -0.05) is 30.3 Å². The number of likely N-dealkylation sites (tertiary alicyclic amines) is 1. The van der Waals surface area contributed by atoms with Crippen LogP contribution in [0.15, 0.2) is 30.3 Å². The number of nitrogens with one attached hydrogen (secondary N) is 1. The van der Waals surface area contributed by atoms with Crippen molar-refractivity contribution in [1.29, 1.82) is 0 Å². The fraction of sp³-hybridized carbons (Fsp3) is 0.467. The number of carbonyl (C=O) groups is 2. The smallest absolute Gasteiger partial charge is 0.410 e. The normalized spacial score (nSPS) is 17.6. The van der Waals surface area contributed by atoms with Crippen LogP contribution in [0, 0.1) is 0 Å².